The predicted octanol–water partition coefficient (Wildman–Crippen LogP) is 1.92. The van der Waals surface area contributed by atoms with Crippen molar-refractivity contribution in [1.82, 2.24) is 9.80 Å². The number of hydrogen-bond donors (Lipinski definition) is 0. The second-order valence-electron chi connectivity index (χ2n) is 4.63. The molecule has 14 heavy (non-hydrogen) atoms. The summed E-state index contributed by atoms with van der Waals surface area (Å²) in [5.74, 6) is 0. The van der Waals surface area contributed by atoms with Crippen LogP contribution in [0.2, 0.25) is 0 Å². The van der Waals surface area contributed by atoms with Crippen LogP contribution in [0.15, 0.2) is 0 Å². The van der Waals surface area contributed by atoms with Gasteiger partial charge in [-0.25, -0.2) is 4.90 Å². The number of alkyl halides is 3. The summed E-state index contributed by atoms with van der Waals surface area (Å²) in [4.78, 5) is 2.48. The molecular formula is C9H17F3N2. The van der Waals surface area contributed by atoms with Crippen LogP contribution in [-0.2, 0) is 0 Å². The van der Waals surface area contributed by atoms with Crippen LogP contribution >= 0.6 is 0 Å². The first-order valence-corrected chi connectivity index (χ1v) is 4.65. The molecule has 0 saturated carbocycles. The summed E-state index contributed by atoms with van der Waals surface area (Å²) < 4.78 is 37.2. The van der Waals surface area contributed by atoms with Gasteiger partial charge >= 0.3 is 6.30 Å². The van der Waals surface area contributed by atoms with Gasteiger partial charge in [0.05, 0.1) is 0 Å². The van der Waals surface area contributed by atoms with Crippen molar-refractivity contribution < 1.29 is 13.2 Å². The van der Waals surface area contributed by atoms with Crippen LogP contribution in [0.25, 0.3) is 0 Å². The van der Waals surface area contributed by atoms with Gasteiger partial charge in [0, 0.05) is 18.1 Å². The lowest BCUT2D eigenvalue weighted by molar-refractivity contribution is -0.247. The summed E-state index contributed by atoms with van der Waals surface area (Å²) in [7, 11) is 2.99. The van der Waals surface area contributed by atoms with Gasteiger partial charge in [-0.15, -0.1) is 0 Å². The van der Waals surface area contributed by atoms with Crippen LogP contribution in [0.5, 0.6) is 0 Å². The topological polar surface area (TPSA) is 6.48 Å². The lowest BCUT2D eigenvalue weighted by atomic mass is 10.0. The monoisotopic (exact) mass is 210 g/mol. The van der Waals surface area contributed by atoms with Crippen LogP contribution in [0.1, 0.15) is 20.3 Å². The Morgan fingerprint density at radius 2 is 1.86 bits per heavy atom. The standard InChI is InChI=1S/C9H17F3N2/c1-8(2)5-7(6-13(8)3)14(4)9(10,11)12/h7H,5-6H2,1-4H3/t7-/m0/s1. The Hall–Kier alpha value is -0.290. The number of halogens is 3. The van der Waals surface area contributed by atoms with Gasteiger partial charge in [0.25, 0.3) is 0 Å². The quantitative estimate of drug-likeness (QED) is 0.610. The smallest absolute Gasteiger partial charge is 0.300 e. The lowest BCUT2D eigenvalue weighted by Gasteiger charge is -2.27. The molecule has 1 saturated heterocycles. The third kappa shape index (κ3) is 2.20. The van der Waals surface area contributed by atoms with E-state index in [0.29, 0.717) is 17.9 Å². The first-order valence-electron chi connectivity index (χ1n) is 4.65. The molecule has 2 nitrogen and oxygen atoms in total. The third-order valence-electron chi connectivity index (χ3n) is 3.20. The van der Waals surface area contributed by atoms with Gasteiger partial charge in [0.1, 0.15) is 0 Å². The zero-order chi connectivity index (χ0) is 11.1. The number of hydrogen-bond acceptors (Lipinski definition) is 2. The molecule has 1 aliphatic rings. The molecule has 0 aromatic carbocycles. The van der Waals surface area contributed by atoms with Gasteiger partial charge < -0.3 is 0 Å². The fraction of sp³-hybridized carbons (Fsp3) is 1.00. The average molecular weight is 210 g/mol. The zero-order valence-electron chi connectivity index (χ0n) is 9.02. The third-order valence-corrected chi connectivity index (χ3v) is 3.20. The molecule has 0 N–H and O–H groups in total. The van der Waals surface area contributed by atoms with E-state index in [1.165, 1.54) is 0 Å². The van der Waals surface area contributed by atoms with E-state index >= 15 is 0 Å². The number of likely N-dealkylation sites (N-methyl/N-ethyl adjacent to an activating group) is 2. The second kappa shape index (κ2) is 3.38. The van der Waals surface area contributed by atoms with E-state index in [-0.39, 0.29) is 5.54 Å². The molecule has 0 radical (unpaired) electrons. The van der Waals surface area contributed by atoms with Crippen molar-refractivity contribution in [3.63, 3.8) is 0 Å². The summed E-state index contributed by atoms with van der Waals surface area (Å²) in [6.07, 6.45) is -3.66. The van der Waals surface area contributed by atoms with Crippen molar-refractivity contribution in [2.24, 2.45) is 0 Å². The molecule has 0 bridgehead atoms. The Morgan fingerprint density at radius 3 is 2.14 bits per heavy atom. The minimum Gasteiger partial charge on any atom is -0.300 e. The maximum Gasteiger partial charge on any atom is 0.459 e. The minimum absolute atomic E-state index is 0.135. The Morgan fingerprint density at radius 1 is 1.36 bits per heavy atom. The van der Waals surface area contributed by atoms with Crippen molar-refractivity contribution in [3.05, 3.63) is 0 Å². The molecule has 0 aromatic rings. The van der Waals surface area contributed by atoms with Gasteiger partial charge in [-0.1, -0.05) is 0 Å². The van der Waals surface area contributed by atoms with Gasteiger partial charge in [0.15, 0.2) is 0 Å². The van der Waals surface area contributed by atoms with Crippen LogP contribution < -0.4 is 0 Å². The highest BCUT2D eigenvalue weighted by molar-refractivity contribution is 4.95. The molecule has 0 unspecified atom stereocenters. The minimum atomic E-state index is -4.22. The fourth-order valence-corrected chi connectivity index (χ4v) is 1.83. The van der Waals surface area contributed by atoms with Gasteiger partial charge in [-0.05, 0) is 34.4 Å². The number of likely N-dealkylation sites (tertiary alicyclic amines) is 1. The van der Waals surface area contributed by atoms with Crippen LogP contribution in [0, 0.1) is 0 Å². The molecule has 0 amide bonds. The molecule has 1 aliphatic heterocycles. The molecule has 0 spiro atoms. The first-order chi connectivity index (χ1) is 6.14. The molecule has 1 heterocycles. The Kier molecular flexibility index (Phi) is 2.84. The van der Waals surface area contributed by atoms with E-state index in [1.54, 1.807) is 0 Å². The highest BCUT2D eigenvalue weighted by atomic mass is 19.4. The first kappa shape index (κ1) is 11.8. The maximum absolute atomic E-state index is 12.4. The molecule has 1 atom stereocenters. The van der Waals surface area contributed by atoms with Crippen molar-refractivity contribution in [3.8, 4) is 0 Å². The Bertz CT molecular complexity index is 213. The van der Waals surface area contributed by atoms with Crippen molar-refractivity contribution >= 4 is 0 Å². The number of rotatable bonds is 1. The number of nitrogens with zero attached hydrogens (tertiary/aromatic N) is 2. The predicted molar refractivity (Wildman–Crippen MR) is 48.9 cm³/mol. The average Bonchev–Trinajstić information content (AvgIpc) is 2.23. The normalized spacial score (nSPS) is 28.7. The van der Waals surface area contributed by atoms with E-state index in [1.807, 2.05) is 25.8 Å². The SMILES string of the molecule is CN([C@@H]1CN(C)C(C)(C)C1)C(F)(F)F. The lowest BCUT2D eigenvalue weighted by Crippen LogP contribution is -2.43. The molecule has 0 aliphatic carbocycles. The largest absolute Gasteiger partial charge is 0.459 e. The van der Waals surface area contributed by atoms with Crippen LogP contribution in [-0.4, -0.2) is 48.3 Å². The molecule has 1 rings (SSSR count). The van der Waals surface area contributed by atoms with Gasteiger partial charge in [-0.2, -0.15) is 13.2 Å². The van der Waals surface area contributed by atoms with Gasteiger partial charge in [-0.3, -0.25) is 4.90 Å². The summed E-state index contributed by atoms with van der Waals surface area (Å²) >= 11 is 0. The molecule has 0 aromatic heterocycles. The highest BCUT2D eigenvalue weighted by Crippen LogP contribution is 2.33. The summed E-state index contributed by atoms with van der Waals surface area (Å²) in [5.41, 5.74) is -0.135. The summed E-state index contributed by atoms with van der Waals surface area (Å²) in [6, 6.07) is -0.421. The molecular weight excluding hydrogens is 193 g/mol. The van der Waals surface area contributed by atoms with E-state index in [0.717, 1.165) is 7.05 Å². The Labute approximate surface area is 82.7 Å². The van der Waals surface area contributed by atoms with Crippen LogP contribution in [0.3, 0.4) is 0 Å². The van der Waals surface area contributed by atoms with Crippen molar-refractivity contribution in [2.75, 3.05) is 20.6 Å². The fourth-order valence-electron chi connectivity index (χ4n) is 1.83. The Balaban J connectivity index is 2.67. The zero-order valence-corrected chi connectivity index (χ0v) is 9.02. The molecule has 1 fully saturated rings. The molecule has 5 heteroatoms. The second-order valence-corrected chi connectivity index (χ2v) is 4.63. The molecule has 84 valence electrons. The summed E-state index contributed by atoms with van der Waals surface area (Å²) in [5, 5.41) is 0. The van der Waals surface area contributed by atoms with E-state index < -0.39 is 12.3 Å². The van der Waals surface area contributed by atoms with Crippen LogP contribution in [0.4, 0.5) is 13.2 Å². The van der Waals surface area contributed by atoms with Crippen molar-refractivity contribution in [1.29, 1.82) is 0 Å². The summed E-state index contributed by atoms with van der Waals surface area (Å²) in [6.45, 7) is 4.41. The van der Waals surface area contributed by atoms with Crippen molar-refractivity contribution in [2.45, 2.75) is 38.1 Å². The van der Waals surface area contributed by atoms with Gasteiger partial charge in [0.2, 0.25) is 0 Å². The highest BCUT2D eigenvalue weighted by Gasteiger charge is 2.45. The van der Waals surface area contributed by atoms with E-state index in [4.69, 9.17) is 0 Å². The maximum atomic E-state index is 12.4. The van der Waals surface area contributed by atoms with E-state index in [9.17, 15) is 13.2 Å². The van der Waals surface area contributed by atoms with E-state index in [2.05, 4.69) is 0 Å².